The van der Waals surface area contributed by atoms with Crippen molar-refractivity contribution in [3.63, 3.8) is 0 Å². The molecule has 7 aliphatic heterocycles. The SMILES string of the molecule is CCNCCOc1ccc(SNC(=O)C[C@@H]2NC(=O)[C@H](NC(=O)[C@H](CC(C)C)NC)[C@H](O)c3ccc(c(Cl)c3)Oc3cc4cc(c3O[C@@H]3O[C@H](CO)[C@H](O)[C@H](O)[C@@H]3O[C@H]3C[C@](C)(N)[C@H](O)[C@H](C)O3)Oc3ccc(cc3Cl)[C@H](O)[C@H]3NC(=O)[C@@H](NC(=O)[C@@H]4NC2=O)c2ccc(O)c(c2)-c2c(O)cc(O)cc2[C@@H](C(=O)NC2C4CC5CC(C4)CC2C5)NC3=O)cc1. The molecule has 11 aliphatic rings. The van der Waals surface area contributed by atoms with Gasteiger partial charge in [0, 0.05) is 46.6 Å². The number of aliphatic hydroxyl groups is 6. The van der Waals surface area contributed by atoms with Gasteiger partial charge in [-0.05, 0) is 214 Å². The second kappa shape index (κ2) is 38.1. The normalized spacial score (nSPS) is 30.5. The number of aliphatic hydroxyl groups excluding tert-OH is 6. The van der Waals surface area contributed by atoms with Crippen LogP contribution in [0, 0.1) is 29.6 Å². The van der Waals surface area contributed by atoms with Crippen molar-refractivity contribution in [3.8, 4) is 62.9 Å². The van der Waals surface area contributed by atoms with Gasteiger partial charge in [0.25, 0.3) is 0 Å². The fourth-order valence-electron chi connectivity index (χ4n) is 18.1. The first kappa shape index (κ1) is 90.4. The zero-order valence-electron chi connectivity index (χ0n) is 68.5. The Morgan fingerprint density at radius 2 is 1.31 bits per heavy atom. The van der Waals surface area contributed by atoms with E-state index in [1.54, 1.807) is 24.3 Å². The number of hydrogen-bond donors (Lipinski definition) is 20. The number of nitrogens with two attached hydrogens (primary N) is 1. The van der Waals surface area contributed by atoms with Crippen LogP contribution in [0.2, 0.25) is 10.0 Å². The van der Waals surface area contributed by atoms with E-state index in [2.05, 4.69) is 52.6 Å². The lowest BCUT2D eigenvalue weighted by Gasteiger charge is -2.54. The van der Waals surface area contributed by atoms with E-state index in [1.807, 2.05) is 20.8 Å². The van der Waals surface area contributed by atoms with Crippen LogP contribution in [-0.4, -0.2) is 212 Å². The number of phenolic OH excluding ortho intramolecular Hbond substituents is 3. The summed E-state index contributed by atoms with van der Waals surface area (Å²) in [5.41, 5.74) is 3.13. The minimum absolute atomic E-state index is 0.0652. The van der Waals surface area contributed by atoms with E-state index in [0.29, 0.717) is 35.6 Å². The number of likely N-dealkylation sites (N-methyl/N-ethyl adjacent to an activating group) is 2. The molecule has 17 rings (SSSR count). The summed E-state index contributed by atoms with van der Waals surface area (Å²) in [6.45, 7) is 9.33. The number of aromatic hydroxyl groups is 3. The Kier molecular flexibility index (Phi) is 27.8. The molecule has 0 spiro atoms. The summed E-state index contributed by atoms with van der Waals surface area (Å²) in [5.74, 6) is -12.3. The van der Waals surface area contributed by atoms with Gasteiger partial charge in [0.2, 0.25) is 59.3 Å². The van der Waals surface area contributed by atoms with E-state index in [-0.39, 0.29) is 86.5 Å². The third-order valence-corrected chi connectivity index (χ3v) is 25.6. The minimum Gasteiger partial charge on any atom is -0.508 e. The smallest absolute Gasteiger partial charge is 0.248 e. The van der Waals surface area contributed by atoms with E-state index in [0.717, 1.165) is 93.1 Å². The summed E-state index contributed by atoms with van der Waals surface area (Å²) in [4.78, 5) is 125. The number of nitrogens with one attached hydrogen (secondary N) is 10. The van der Waals surface area contributed by atoms with Crippen LogP contribution in [0.3, 0.4) is 0 Å². The molecular weight excluding hydrogens is 1670 g/mol. The fourth-order valence-corrected chi connectivity index (χ4v) is 19.1. The average molecular weight is 1780 g/mol. The lowest BCUT2D eigenvalue weighted by molar-refractivity contribution is -0.333. The Bertz CT molecular complexity index is 4990. The van der Waals surface area contributed by atoms with Crippen LogP contribution in [0.5, 0.6) is 51.7 Å². The summed E-state index contributed by atoms with van der Waals surface area (Å²) >= 11 is 15.3. The highest BCUT2D eigenvalue weighted by Gasteiger charge is 2.53. The number of fused-ring (bicyclic) bond motifs is 15. The Hall–Kier alpha value is -9.87. The van der Waals surface area contributed by atoms with Gasteiger partial charge in [0.1, 0.15) is 108 Å². The van der Waals surface area contributed by atoms with Crippen LogP contribution in [0.15, 0.2) is 108 Å². The molecule has 6 fully saturated rings. The molecule has 0 radical (unpaired) electrons. The molecule has 4 saturated carbocycles. The van der Waals surface area contributed by atoms with Gasteiger partial charge >= 0.3 is 0 Å². The first-order valence-electron chi connectivity index (χ1n) is 41.3. The monoisotopic (exact) mass is 1780 g/mol. The summed E-state index contributed by atoms with van der Waals surface area (Å²) in [6.07, 6.45) is -14.1. The molecule has 6 aromatic rings. The molecule has 6 aromatic carbocycles. The fraction of sp³-hybridized carbons (Fsp3) is 0.488. The van der Waals surface area contributed by atoms with E-state index in [9.17, 15) is 55.5 Å². The zero-order valence-corrected chi connectivity index (χ0v) is 70.8. The van der Waals surface area contributed by atoms with Crippen LogP contribution < -0.4 is 77.3 Å². The molecule has 8 amide bonds. The van der Waals surface area contributed by atoms with Crippen molar-refractivity contribution in [3.05, 3.63) is 141 Å². The predicted octanol–water partition coefficient (Wildman–Crippen LogP) is 4.29. The van der Waals surface area contributed by atoms with Crippen LogP contribution in [-0.2, 0) is 52.6 Å². The summed E-state index contributed by atoms with van der Waals surface area (Å²) in [6, 6.07) is 7.16. The van der Waals surface area contributed by atoms with Gasteiger partial charge < -0.3 is 133 Å². The number of hydrogen-bond acceptors (Lipinski definition) is 28. The average Bonchev–Trinajstić information content (AvgIpc) is 0.760. The Morgan fingerprint density at radius 3 is 1.94 bits per heavy atom. The largest absolute Gasteiger partial charge is 0.508 e. The number of ether oxygens (including phenoxy) is 7. The minimum atomic E-state index is -2.35. The maximum Gasteiger partial charge on any atom is 0.248 e. The van der Waals surface area contributed by atoms with E-state index >= 15 is 28.8 Å². The van der Waals surface area contributed by atoms with Gasteiger partial charge in [-0.25, -0.2) is 0 Å². The van der Waals surface area contributed by atoms with Gasteiger partial charge in [0.15, 0.2) is 23.9 Å². The van der Waals surface area contributed by atoms with Crippen molar-refractivity contribution in [2.75, 3.05) is 33.4 Å². The van der Waals surface area contributed by atoms with Gasteiger partial charge in [0.05, 0.1) is 41.3 Å². The lowest BCUT2D eigenvalue weighted by atomic mass is 9.54. The second-order valence-corrected chi connectivity index (χ2v) is 35.4. The number of halogens is 2. The van der Waals surface area contributed by atoms with Gasteiger partial charge in [-0.15, -0.1) is 0 Å². The first-order valence-corrected chi connectivity index (χ1v) is 42.9. The molecule has 15 bridgehead atoms. The molecular formula is C86H103Cl2N11O24S. The molecule has 0 unspecified atom stereocenters. The number of amides is 8. The Labute approximate surface area is 727 Å². The van der Waals surface area contributed by atoms with Gasteiger partial charge in [-0.1, -0.05) is 62.2 Å². The third kappa shape index (κ3) is 19.7. The van der Waals surface area contributed by atoms with Crippen LogP contribution in [0.4, 0.5) is 0 Å². The number of carbonyl (C=O) groups excluding carboxylic acids is 8. The molecule has 124 heavy (non-hydrogen) atoms. The van der Waals surface area contributed by atoms with Crippen molar-refractivity contribution in [1.82, 2.24) is 52.6 Å². The molecule has 21 N–H and O–H groups in total. The third-order valence-electron chi connectivity index (χ3n) is 24.2. The Morgan fingerprint density at radius 1 is 0.685 bits per heavy atom. The molecule has 666 valence electrons. The number of rotatable bonds is 21. The standard InChI is InChI=1S/C86H103Cl2N11O24S/c1-7-91-18-19-117-47-11-13-48(14-12-47)124-99-62(104)33-54-79(111)94-67-45-29-59(119-57-16-9-41(27-51(57)87)71(105)69(83(115)92-54)97-78(110)53(90-6)20-36(2)3)75(123-85-76(74(108)73(107)61(35-100)121-85)122-63-34-86(5,89)77(109)37(4)118-63)60(30-45)120-58-17-10-42(28-52(58)88)72(106)70-84(116)96-68(82(114)93-65-43-22-38-21-39(24-43)25-44(65)23-38)50-31-46(101)32-56(103)64(50)49-26-40(8-15-55(49)102)66(80(112)98-70)95-81(67)113/h8-17,26-32,36-39,43-44,53-54,61,63,65-74,76-77,85,90-91,100-103,105-109H,7,18-25,33-35,89H2,1-6H3,(H,92,115)(H,93,114)(H,94,111)(H,95,113)(H,96,116)(H,97,110)(H,98,112)(H,99,104)/t37-,38?,39?,43?,44?,53-,54-,61+,63-,65?,66-,67+,68-,69+,70+,71+,72-,73-,74-,76-,77+,85-,86-/m0/s1. The summed E-state index contributed by atoms with van der Waals surface area (Å²) in [7, 11) is 1.50. The second-order valence-electron chi connectivity index (χ2n) is 33.7. The van der Waals surface area contributed by atoms with Crippen molar-refractivity contribution < 1.29 is 117 Å². The van der Waals surface area contributed by atoms with Crippen molar-refractivity contribution >= 4 is 82.4 Å². The molecule has 0 aromatic heterocycles. The molecule has 2 saturated heterocycles. The van der Waals surface area contributed by atoms with E-state index in [4.69, 9.17) is 62.1 Å². The van der Waals surface area contributed by atoms with Gasteiger partial charge in [-0.3, -0.25) is 43.1 Å². The first-order chi connectivity index (χ1) is 59.1. The molecule has 4 aliphatic carbocycles. The topological polar surface area (TPSA) is 530 Å². The van der Waals surface area contributed by atoms with E-state index < -0.39 is 215 Å². The summed E-state index contributed by atoms with van der Waals surface area (Å²) in [5, 5.41) is 131. The van der Waals surface area contributed by atoms with Crippen molar-refractivity contribution in [1.29, 1.82) is 0 Å². The molecule has 7 heterocycles. The zero-order chi connectivity index (χ0) is 88.6. The van der Waals surface area contributed by atoms with Crippen molar-refractivity contribution in [2.45, 2.75) is 206 Å². The highest BCUT2D eigenvalue weighted by Crippen LogP contribution is 2.55. The van der Waals surface area contributed by atoms with Gasteiger partial charge in [-0.2, -0.15) is 0 Å². The van der Waals surface area contributed by atoms with Crippen molar-refractivity contribution in [2.24, 2.45) is 35.3 Å². The maximum atomic E-state index is 16.7. The maximum absolute atomic E-state index is 16.7. The highest BCUT2D eigenvalue weighted by molar-refractivity contribution is 7.98. The molecule has 18 atom stereocenters. The molecule has 38 heteroatoms. The lowest BCUT2D eigenvalue weighted by Crippen LogP contribution is -2.64. The number of carbonyl (C=O) groups is 8. The van der Waals surface area contributed by atoms with Crippen LogP contribution >= 0.6 is 35.1 Å². The predicted molar refractivity (Wildman–Crippen MR) is 446 cm³/mol. The van der Waals surface area contributed by atoms with Crippen LogP contribution in [0.1, 0.15) is 144 Å². The number of phenols is 3. The Balaban J connectivity index is 0.954. The quantitative estimate of drug-likeness (QED) is 0.0353. The van der Waals surface area contributed by atoms with E-state index in [1.165, 1.54) is 57.3 Å². The van der Waals surface area contributed by atoms with Crippen LogP contribution in [0.25, 0.3) is 11.1 Å². The highest BCUT2D eigenvalue weighted by atomic mass is 35.5. The molecule has 35 nitrogen and oxygen atoms in total. The summed E-state index contributed by atoms with van der Waals surface area (Å²) < 4.78 is 47.7. The number of benzene rings is 6.